The highest BCUT2D eigenvalue weighted by Crippen LogP contribution is 2.36. The predicted molar refractivity (Wildman–Crippen MR) is 47.2 cm³/mol. The number of phenols is 1. The van der Waals surface area contributed by atoms with Crippen LogP contribution in [0.3, 0.4) is 0 Å². The Bertz CT molecular complexity index is 418. The quantitative estimate of drug-likeness (QED) is 0.773. The molecule has 1 fully saturated rings. The van der Waals surface area contributed by atoms with Gasteiger partial charge in [0.15, 0.2) is 9.84 Å². The Morgan fingerprint density at radius 1 is 1.46 bits per heavy atom. The topological polar surface area (TPSA) is 54.4 Å². The van der Waals surface area contributed by atoms with Gasteiger partial charge in [0.25, 0.3) is 0 Å². The van der Waals surface area contributed by atoms with Gasteiger partial charge in [-0.25, -0.2) is 8.42 Å². The van der Waals surface area contributed by atoms with E-state index in [-0.39, 0.29) is 15.9 Å². The third kappa shape index (κ3) is 1.42. The lowest BCUT2D eigenvalue weighted by molar-refractivity contribution is 0.458. The average molecular weight is 197 g/mol. The van der Waals surface area contributed by atoms with Crippen molar-refractivity contribution in [3.63, 3.8) is 0 Å². The molecule has 1 aliphatic carbocycles. The first-order valence-corrected chi connectivity index (χ1v) is 5.60. The van der Waals surface area contributed by atoms with Crippen molar-refractivity contribution in [2.24, 2.45) is 0 Å². The summed E-state index contributed by atoms with van der Waals surface area (Å²) in [6.07, 6.45) is 1.42. The highest BCUT2D eigenvalue weighted by molar-refractivity contribution is 7.92. The molecule has 1 N–H and O–H groups in total. The molecule has 0 aromatic heterocycles. The molecule has 1 aliphatic rings. The van der Waals surface area contributed by atoms with E-state index in [2.05, 4.69) is 6.07 Å². The maximum absolute atomic E-state index is 11.6. The molecule has 0 spiro atoms. The van der Waals surface area contributed by atoms with Crippen LogP contribution >= 0.6 is 0 Å². The van der Waals surface area contributed by atoms with E-state index in [0.717, 1.165) is 0 Å². The molecule has 4 heteroatoms. The van der Waals surface area contributed by atoms with Crippen molar-refractivity contribution >= 4 is 9.84 Å². The second-order valence-electron chi connectivity index (χ2n) is 3.14. The molecule has 0 heterocycles. The predicted octanol–water partition coefficient (Wildman–Crippen LogP) is 1.13. The lowest BCUT2D eigenvalue weighted by atomic mass is 10.3. The summed E-state index contributed by atoms with van der Waals surface area (Å²) in [5.41, 5.74) is 0. The van der Waals surface area contributed by atoms with Gasteiger partial charge < -0.3 is 5.11 Å². The Labute approximate surface area is 76.9 Å². The Kier molecular flexibility index (Phi) is 1.80. The van der Waals surface area contributed by atoms with Crippen LogP contribution in [0.25, 0.3) is 0 Å². The molecule has 0 bridgehead atoms. The molecular weight excluding hydrogens is 188 g/mol. The summed E-state index contributed by atoms with van der Waals surface area (Å²) < 4.78 is 23.3. The summed E-state index contributed by atoms with van der Waals surface area (Å²) in [6.45, 7) is 0. The molecule has 2 rings (SSSR count). The van der Waals surface area contributed by atoms with Crippen molar-refractivity contribution in [1.29, 1.82) is 0 Å². The van der Waals surface area contributed by atoms with E-state index < -0.39 is 9.84 Å². The Morgan fingerprint density at radius 3 is 2.69 bits per heavy atom. The van der Waals surface area contributed by atoms with Crippen LogP contribution in [-0.4, -0.2) is 18.8 Å². The molecule has 0 aliphatic heterocycles. The Balaban J connectivity index is 2.51. The highest BCUT2D eigenvalue weighted by atomic mass is 32.2. The number of sulfone groups is 1. The standard InChI is InChI=1S/C9H9O3S/c10-8-3-1-2-4-9(8)13(11,12)7-5-6-7/h2-4,7,10H,5-6H2. The van der Waals surface area contributed by atoms with Gasteiger partial charge in [-0.15, -0.1) is 0 Å². The summed E-state index contributed by atoms with van der Waals surface area (Å²) in [6, 6.07) is 6.78. The maximum Gasteiger partial charge on any atom is 0.184 e. The third-order valence-corrected chi connectivity index (χ3v) is 4.38. The minimum Gasteiger partial charge on any atom is -0.507 e. The van der Waals surface area contributed by atoms with Gasteiger partial charge in [0.2, 0.25) is 0 Å². The van der Waals surface area contributed by atoms with Crippen molar-refractivity contribution in [2.45, 2.75) is 23.0 Å². The SMILES string of the molecule is O=S(=O)(c1cc[c]cc1O)C1CC1. The van der Waals surface area contributed by atoms with Crippen molar-refractivity contribution in [3.8, 4) is 5.75 Å². The molecule has 0 saturated heterocycles. The molecule has 13 heavy (non-hydrogen) atoms. The average Bonchev–Trinajstić information content (AvgIpc) is 2.86. The van der Waals surface area contributed by atoms with Crippen molar-refractivity contribution < 1.29 is 13.5 Å². The van der Waals surface area contributed by atoms with E-state index in [1.54, 1.807) is 0 Å². The van der Waals surface area contributed by atoms with E-state index in [1.807, 2.05) is 0 Å². The summed E-state index contributed by atoms with van der Waals surface area (Å²) >= 11 is 0. The first-order valence-electron chi connectivity index (χ1n) is 4.05. The zero-order valence-corrected chi connectivity index (χ0v) is 7.71. The summed E-state index contributed by atoms with van der Waals surface area (Å²) in [5, 5.41) is 9.04. The van der Waals surface area contributed by atoms with Crippen LogP contribution in [0, 0.1) is 6.07 Å². The van der Waals surface area contributed by atoms with Crippen LogP contribution < -0.4 is 0 Å². The molecule has 0 unspecified atom stereocenters. The fourth-order valence-electron chi connectivity index (χ4n) is 1.21. The van der Waals surface area contributed by atoms with Crippen molar-refractivity contribution in [2.75, 3.05) is 0 Å². The van der Waals surface area contributed by atoms with E-state index in [0.29, 0.717) is 12.8 Å². The van der Waals surface area contributed by atoms with Crippen molar-refractivity contribution in [3.05, 3.63) is 24.3 Å². The maximum atomic E-state index is 11.6. The fraction of sp³-hybridized carbons (Fsp3) is 0.333. The van der Waals surface area contributed by atoms with E-state index >= 15 is 0 Å². The first-order chi connectivity index (χ1) is 6.12. The van der Waals surface area contributed by atoms with Gasteiger partial charge in [-0.1, -0.05) is 6.07 Å². The van der Waals surface area contributed by atoms with Gasteiger partial charge >= 0.3 is 0 Å². The van der Waals surface area contributed by atoms with Crippen molar-refractivity contribution in [1.82, 2.24) is 0 Å². The van der Waals surface area contributed by atoms with Gasteiger partial charge in [0.1, 0.15) is 10.6 Å². The largest absolute Gasteiger partial charge is 0.507 e. The van der Waals surface area contributed by atoms with Crippen LogP contribution in [0.4, 0.5) is 0 Å². The fourth-order valence-corrected chi connectivity index (χ4v) is 2.93. The molecule has 3 nitrogen and oxygen atoms in total. The second-order valence-corrected chi connectivity index (χ2v) is 5.33. The third-order valence-electron chi connectivity index (χ3n) is 2.07. The second kappa shape index (κ2) is 2.73. The van der Waals surface area contributed by atoms with E-state index in [4.69, 9.17) is 0 Å². The molecule has 69 valence electrons. The number of rotatable bonds is 2. The van der Waals surface area contributed by atoms with Crippen LogP contribution in [0.5, 0.6) is 5.75 Å². The zero-order chi connectivity index (χ0) is 9.47. The van der Waals surface area contributed by atoms with Gasteiger partial charge in [0, 0.05) is 0 Å². The molecule has 1 aromatic rings. The lowest BCUT2D eigenvalue weighted by Gasteiger charge is -2.03. The van der Waals surface area contributed by atoms with E-state index in [9.17, 15) is 13.5 Å². The number of hydrogen-bond acceptors (Lipinski definition) is 3. The molecular formula is C9H9O3S. The molecule has 1 radical (unpaired) electrons. The lowest BCUT2D eigenvalue weighted by Crippen LogP contribution is -2.06. The summed E-state index contributed by atoms with van der Waals surface area (Å²) in [7, 11) is -3.27. The monoisotopic (exact) mass is 197 g/mol. The Hall–Kier alpha value is -1.03. The summed E-state index contributed by atoms with van der Waals surface area (Å²) in [5.74, 6) is -0.200. The van der Waals surface area contributed by atoms with Gasteiger partial charge in [-0.05, 0) is 31.0 Å². The number of phenolic OH excluding ortho intramolecular Hbond substituents is 1. The van der Waals surface area contributed by atoms with Crippen LogP contribution in [-0.2, 0) is 9.84 Å². The smallest absolute Gasteiger partial charge is 0.184 e. The minimum atomic E-state index is -3.27. The van der Waals surface area contributed by atoms with Gasteiger partial charge in [0.05, 0.1) is 5.25 Å². The number of aromatic hydroxyl groups is 1. The van der Waals surface area contributed by atoms with E-state index in [1.165, 1.54) is 18.2 Å². The van der Waals surface area contributed by atoms with Crippen LogP contribution in [0.15, 0.2) is 23.1 Å². The number of benzene rings is 1. The van der Waals surface area contributed by atoms with Gasteiger partial charge in [-0.2, -0.15) is 0 Å². The molecule has 1 aromatic carbocycles. The van der Waals surface area contributed by atoms with Crippen LogP contribution in [0.1, 0.15) is 12.8 Å². The first kappa shape index (κ1) is 8.56. The zero-order valence-electron chi connectivity index (χ0n) is 6.90. The summed E-state index contributed by atoms with van der Waals surface area (Å²) in [4.78, 5) is 0.0359. The minimum absolute atomic E-state index is 0.0359. The molecule has 0 atom stereocenters. The van der Waals surface area contributed by atoms with Crippen LogP contribution in [0.2, 0.25) is 0 Å². The molecule has 0 amide bonds. The normalized spacial score (nSPS) is 17.2. The molecule has 1 saturated carbocycles. The highest BCUT2D eigenvalue weighted by Gasteiger charge is 2.38. The van der Waals surface area contributed by atoms with Gasteiger partial charge in [-0.3, -0.25) is 0 Å². The Morgan fingerprint density at radius 2 is 2.15 bits per heavy atom. The number of hydrogen-bond donors (Lipinski definition) is 1.